The molecule has 0 atom stereocenters. The largest absolute Gasteiger partial charge is 0.478 e. The number of nitrogens with one attached hydrogen (secondary N) is 1. The van der Waals surface area contributed by atoms with Crippen LogP contribution < -0.4 is 5.32 Å². The van der Waals surface area contributed by atoms with Crippen LogP contribution in [0.4, 0.5) is 10.5 Å². The van der Waals surface area contributed by atoms with Gasteiger partial charge in [0.15, 0.2) is 0 Å². The highest BCUT2D eigenvalue weighted by Gasteiger charge is 2.25. The molecule has 1 fully saturated rings. The minimum absolute atomic E-state index is 0.146. The van der Waals surface area contributed by atoms with Crippen LogP contribution in [0.25, 0.3) is 0 Å². The van der Waals surface area contributed by atoms with E-state index in [1.807, 2.05) is 0 Å². The number of aryl methyl sites for hydroxylation is 1. The third-order valence-corrected chi connectivity index (χ3v) is 3.65. The number of carboxylic acid groups (broad SMARTS) is 1. The SMILES string of the molecule is Cc1cc(NC(=O)N(C)C2CCC2)ccc1C(=O)O. The van der Waals surface area contributed by atoms with E-state index in [9.17, 15) is 9.59 Å². The summed E-state index contributed by atoms with van der Waals surface area (Å²) in [6.07, 6.45) is 3.29. The number of carbonyl (C=O) groups is 2. The van der Waals surface area contributed by atoms with Gasteiger partial charge in [0, 0.05) is 18.8 Å². The molecule has 0 unspecified atom stereocenters. The second-order valence-corrected chi connectivity index (χ2v) is 4.96. The van der Waals surface area contributed by atoms with Crippen molar-refractivity contribution in [2.75, 3.05) is 12.4 Å². The van der Waals surface area contributed by atoms with Crippen LogP contribution in [0.5, 0.6) is 0 Å². The maximum Gasteiger partial charge on any atom is 0.335 e. The number of benzene rings is 1. The predicted octanol–water partition coefficient (Wildman–Crippen LogP) is 2.71. The number of carbonyl (C=O) groups excluding carboxylic acids is 1. The van der Waals surface area contributed by atoms with Crippen LogP contribution >= 0.6 is 0 Å². The van der Waals surface area contributed by atoms with E-state index in [-0.39, 0.29) is 11.6 Å². The first-order valence-electron chi connectivity index (χ1n) is 6.37. The van der Waals surface area contributed by atoms with E-state index in [0.29, 0.717) is 17.3 Å². The van der Waals surface area contributed by atoms with E-state index >= 15 is 0 Å². The first-order valence-corrected chi connectivity index (χ1v) is 6.37. The molecule has 0 spiro atoms. The summed E-state index contributed by atoms with van der Waals surface area (Å²) in [6, 6.07) is 4.99. The Labute approximate surface area is 112 Å². The van der Waals surface area contributed by atoms with Crippen LogP contribution in [-0.2, 0) is 0 Å². The molecule has 1 aliphatic rings. The molecular weight excluding hydrogens is 244 g/mol. The van der Waals surface area contributed by atoms with Crippen molar-refractivity contribution in [3.8, 4) is 0 Å². The predicted molar refractivity (Wildman–Crippen MR) is 72.6 cm³/mol. The second kappa shape index (κ2) is 5.30. The molecule has 19 heavy (non-hydrogen) atoms. The van der Waals surface area contributed by atoms with Crippen molar-refractivity contribution >= 4 is 17.7 Å². The number of rotatable bonds is 3. The Bertz CT molecular complexity index is 509. The third-order valence-electron chi connectivity index (χ3n) is 3.65. The minimum atomic E-state index is -0.957. The van der Waals surface area contributed by atoms with Crippen LogP contribution in [0.3, 0.4) is 0 Å². The number of amides is 2. The number of nitrogens with zero attached hydrogens (tertiary/aromatic N) is 1. The zero-order valence-electron chi connectivity index (χ0n) is 11.1. The summed E-state index contributed by atoms with van der Waals surface area (Å²) in [4.78, 5) is 24.6. The highest BCUT2D eigenvalue weighted by molar-refractivity contribution is 5.92. The fourth-order valence-electron chi connectivity index (χ4n) is 2.13. The van der Waals surface area contributed by atoms with Gasteiger partial charge in [-0.3, -0.25) is 0 Å². The molecule has 5 heteroatoms. The van der Waals surface area contributed by atoms with Crippen molar-refractivity contribution in [3.63, 3.8) is 0 Å². The molecule has 0 aromatic heterocycles. The molecule has 0 saturated heterocycles. The van der Waals surface area contributed by atoms with E-state index < -0.39 is 5.97 Å². The van der Waals surface area contributed by atoms with Crippen LogP contribution in [0.1, 0.15) is 35.2 Å². The molecule has 1 aromatic carbocycles. The zero-order chi connectivity index (χ0) is 14.0. The van der Waals surface area contributed by atoms with Crippen molar-refractivity contribution in [2.45, 2.75) is 32.2 Å². The van der Waals surface area contributed by atoms with E-state index in [0.717, 1.165) is 12.8 Å². The van der Waals surface area contributed by atoms with E-state index in [4.69, 9.17) is 5.11 Å². The number of anilines is 1. The zero-order valence-corrected chi connectivity index (χ0v) is 11.1. The summed E-state index contributed by atoms with van der Waals surface area (Å²) >= 11 is 0. The van der Waals surface area contributed by atoms with Gasteiger partial charge in [0.25, 0.3) is 0 Å². The molecule has 2 amide bonds. The lowest BCUT2D eigenvalue weighted by molar-refractivity contribution is 0.0696. The lowest BCUT2D eigenvalue weighted by atomic mass is 9.92. The molecule has 0 radical (unpaired) electrons. The Morgan fingerprint density at radius 3 is 2.53 bits per heavy atom. The maximum absolute atomic E-state index is 12.0. The molecule has 1 saturated carbocycles. The number of hydrogen-bond donors (Lipinski definition) is 2. The van der Waals surface area contributed by atoms with Gasteiger partial charge < -0.3 is 15.3 Å². The minimum Gasteiger partial charge on any atom is -0.478 e. The molecule has 1 aromatic rings. The lowest BCUT2D eigenvalue weighted by Gasteiger charge is -2.34. The molecule has 0 bridgehead atoms. The molecule has 0 aliphatic heterocycles. The summed E-state index contributed by atoms with van der Waals surface area (Å²) in [5.74, 6) is -0.957. The highest BCUT2D eigenvalue weighted by Crippen LogP contribution is 2.24. The average molecular weight is 262 g/mol. The van der Waals surface area contributed by atoms with Crippen molar-refractivity contribution in [2.24, 2.45) is 0 Å². The molecule has 1 aliphatic carbocycles. The van der Waals surface area contributed by atoms with Gasteiger partial charge >= 0.3 is 12.0 Å². The Morgan fingerprint density at radius 2 is 2.05 bits per heavy atom. The Balaban J connectivity index is 2.04. The Hall–Kier alpha value is -2.04. The van der Waals surface area contributed by atoms with Crippen molar-refractivity contribution in [1.29, 1.82) is 0 Å². The molecule has 0 heterocycles. The van der Waals surface area contributed by atoms with Crippen LogP contribution in [0.2, 0.25) is 0 Å². The molecule has 2 rings (SSSR count). The van der Waals surface area contributed by atoms with Gasteiger partial charge in [-0.2, -0.15) is 0 Å². The van der Waals surface area contributed by atoms with Gasteiger partial charge in [-0.05, 0) is 49.9 Å². The quantitative estimate of drug-likeness (QED) is 0.880. The smallest absolute Gasteiger partial charge is 0.335 e. The van der Waals surface area contributed by atoms with Gasteiger partial charge in [0.2, 0.25) is 0 Å². The fourth-order valence-corrected chi connectivity index (χ4v) is 2.13. The highest BCUT2D eigenvalue weighted by atomic mass is 16.4. The number of hydrogen-bond acceptors (Lipinski definition) is 2. The summed E-state index contributed by atoms with van der Waals surface area (Å²) in [5.41, 5.74) is 1.51. The van der Waals surface area contributed by atoms with Crippen LogP contribution in [0, 0.1) is 6.92 Å². The Morgan fingerprint density at radius 1 is 1.37 bits per heavy atom. The first-order chi connectivity index (χ1) is 8.99. The van der Waals surface area contributed by atoms with Gasteiger partial charge in [0.05, 0.1) is 5.56 Å². The summed E-state index contributed by atoms with van der Waals surface area (Å²) < 4.78 is 0. The van der Waals surface area contributed by atoms with E-state index in [1.165, 1.54) is 12.5 Å². The maximum atomic E-state index is 12.0. The number of urea groups is 1. The van der Waals surface area contributed by atoms with E-state index in [2.05, 4.69) is 5.32 Å². The van der Waals surface area contributed by atoms with Gasteiger partial charge in [0.1, 0.15) is 0 Å². The molecule has 2 N–H and O–H groups in total. The molecule has 102 valence electrons. The summed E-state index contributed by atoms with van der Waals surface area (Å²) in [5, 5.41) is 11.7. The number of aromatic carboxylic acids is 1. The second-order valence-electron chi connectivity index (χ2n) is 4.96. The molecular formula is C14H18N2O3. The Kier molecular flexibility index (Phi) is 3.74. The number of carboxylic acids is 1. The standard InChI is InChI=1S/C14H18N2O3/c1-9-8-10(6-7-12(9)13(17)18)15-14(19)16(2)11-4-3-5-11/h6-8,11H,3-5H2,1-2H3,(H,15,19)(H,17,18). The third kappa shape index (κ3) is 2.86. The molecule has 5 nitrogen and oxygen atoms in total. The fraction of sp³-hybridized carbons (Fsp3) is 0.429. The van der Waals surface area contributed by atoms with Crippen molar-refractivity contribution in [1.82, 2.24) is 4.90 Å². The van der Waals surface area contributed by atoms with Crippen molar-refractivity contribution in [3.05, 3.63) is 29.3 Å². The van der Waals surface area contributed by atoms with Crippen LogP contribution in [0.15, 0.2) is 18.2 Å². The topological polar surface area (TPSA) is 69.6 Å². The van der Waals surface area contributed by atoms with Gasteiger partial charge in [-0.25, -0.2) is 9.59 Å². The summed E-state index contributed by atoms with van der Waals surface area (Å²) in [7, 11) is 1.79. The van der Waals surface area contributed by atoms with Crippen molar-refractivity contribution < 1.29 is 14.7 Å². The normalized spacial score (nSPS) is 14.6. The van der Waals surface area contributed by atoms with E-state index in [1.54, 1.807) is 31.0 Å². The lowest BCUT2D eigenvalue weighted by Crippen LogP contribution is -2.43. The average Bonchev–Trinajstić information content (AvgIpc) is 2.25. The van der Waals surface area contributed by atoms with Gasteiger partial charge in [-0.15, -0.1) is 0 Å². The summed E-state index contributed by atoms with van der Waals surface area (Å²) in [6.45, 7) is 1.72. The monoisotopic (exact) mass is 262 g/mol. The van der Waals surface area contributed by atoms with Gasteiger partial charge in [-0.1, -0.05) is 0 Å². The first kappa shape index (κ1) is 13.4. The van der Waals surface area contributed by atoms with Crippen LogP contribution in [-0.4, -0.2) is 35.1 Å².